The molecule has 21 heavy (non-hydrogen) atoms. The standard InChI is InChI=1S/C16H28N4O/c1-10(8-15-9-11(2)18-19-15)17-16(21)14(5)20-12(3)6-7-13(20)4/h9-10,12-14H,6-8H2,1-5H3,(H,17,21)(H,18,19)/t10-,12-,13+,14+/m0/s1. The van der Waals surface area contributed by atoms with Crippen LogP contribution < -0.4 is 5.32 Å². The number of nitrogens with zero attached hydrogens (tertiary/aromatic N) is 2. The smallest absolute Gasteiger partial charge is 0.237 e. The van der Waals surface area contributed by atoms with Crippen molar-refractivity contribution in [3.8, 4) is 0 Å². The minimum absolute atomic E-state index is 0.0686. The van der Waals surface area contributed by atoms with Crippen molar-refractivity contribution in [3.63, 3.8) is 0 Å². The lowest BCUT2D eigenvalue weighted by Gasteiger charge is -2.32. The summed E-state index contributed by atoms with van der Waals surface area (Å²) < 4.78 is 0. The maximum Gasteiger partial charge on any atom is 0.237 e. The number of carbonyl (C=O) groups is 1. The van der Waals surface area contributed by atoms with Gasteiger partial charge in [-0.3, -0.25) is 14.8 Å². The van der Waals surface area contributed by atoms with E-state index >= 15 is 0 Å². The molecule has 1 fully saturated rings. The highest BCUT2D eigenvalue weighted by Gasteiger charge is 2.34. The molecular formula is C16H28N4O. The molecule has 1 amide bonds. The Kier molecular flexibility index (Phi) is 5.04. The lowest BCUT2D eigenvalue weighted by Crippen LogP contribution is -2.51. The minimum Gasteiger partial charge on any atom is -0.352 e. The fourth-order valence-corrected chi connectivity index (χ4v) is 3.42. The van der Waals surface area contributed by atoms with Crippen LogP contribution in [-0.4, -0.2) is 45.2 Å². The quantitative estimate of drug-likeness (QED) is 0.873. The molecule has 0 aliphatic carbocycles. The Balaban J connectivity index is 1.88. The van der Waals surface area contributed by atoms with Crippen LogP contribution in [0.2, 0.25) is 0 Å². The molecule has 0 unspecified atom stereocenters. The van der Waals surface area contributed by atoms with Gasteiger partial charge in [0.1, 0.15) is 0 Å². The van der Waals surface area contributed by atoms with Crippen molar-refractivity contribution >= 4 is 5.91 Å². The van der Waals surface area contributed by atoms with E-state index in [-0.39, 0.29) is 18.0 Å². The van der Waals surface area contributed by atoms with Gasteiger partial charge < -0.3 is 5.32 Å². The number of aromatic nitrogens is 2. The molecule has 4 atom stereocenters. The number of nitrogens with one attached hydrogen (secondary N) is 2. The van der Waals surface area contributed by atoms with Gasteiger partial charge in [-0.1, -0.05) is 0 Å². The molecule has 1 aliphatic heterocycles. The zero-order valence-electron chi connectivity index (χ0n) is 13.8. The average Bonchev–Trinajstić information content (AvgIpc) is 2.95. The molecule has 0 saturated carbocycles. The number of aromatic amines is 1. The van der Waals surface area contributed by atoms with E-state index in [0.717, 1.165) is 17.8 Å². The first-order valence-corrected chi connectivity index (χ1v) is 7.97. The van der Waals surface area contributed by atoms with Gasteiger partial charge in [-0.05, 0) is 53.5 Å². The predicted molar refractivity (Wildman–Crippen MR) is 84.1 cm³/mol. The lowest BCUT2D eigenvalue weighted by molar-refractivity contribution is -0.127. The molecular weight excluding hydrogens is 264 g/mol. The van der Waals surface area contributed by atoms with Gasteiger partial charge in [-0.15, -0.1) is 0 Å². The first-order valence-electron chi connectivity index (χ1n) is 7.97. The zero-order valence-corrected chi connectivity index (χ0v) is 13.8. The van der Waals surface area contributed by atoms with Crippen LogP contribution in [-0.2, 0) is 11.2 Å². The fourth-order valence-electron chi connectivity index (χ4n) is 3.42. The van der Waals surface area contributed by atoms with Gasteiger partial charge in [0.15, 0.2) is 0 Å². The maximum absolute atomic E-state index is 12.4. The van der Waals surface area contributed by atoms with E-state index in [4.69, 9.17) is 0 Å². The SMILES string of the molecule is Cc1cc(C[C@H](C)NC(=O)[C@@H](C)N2[C@H](C)CC[C@@H]2C)n[nH]1. The van der Waals surface area contributed by atoms with Crippen LogP contribution >= 0.6 is 0 Å². The summed E-state index contributed by atoms with van der Waals surface area (Å²) in [4.78, 5) is 14.8. The van der Waals surface area contributed by atoms with Crippen LogP contribution in [0.4, 0.5) is 0 Å². The molecule has 0 radical (unpaired) electrons. The van der Waals surface area contributed by atoms with Gasteiger partial charge in [-0.25, -0.2) is 0 Å². The minimum atomic E-state index is -0.0686. The third-order valence-corrected chi connectivity index (χ3v) is 4.51. The summed E-state index contributed by atoms with van der Waals surface area (Å²) in [5, 5.41) is 10.3. The molecule has 0 spiro atoms. The largest absolute Gasteiger partial charge is 0.352 e. The molecule has 2 N–H and O–H groups in total. The molecule has 2 rings (SSSR count). The number of rotatable bonds is 5. The van der Waals surface area contributed by atoms with Gasteiger partial charge in [0.05, 0.1) is 11.7 Å². The number of hydrogen-bond acceptors (Lipinski definition) is 3. The monoisotopic (exact) mass is 292 g/mol. The van der Waals surface area contributed by atoms with Gasteiger partial charge >= 0.3 is 0 Å². The second-order valence-corrected chi connectivity index (χ2v) is 6.55. The lowest BCUT2D eigenvalue weighted by atomic mass is 10.1. The summed E-state index contributed by atoms with van der Waals surface area (Å²) in [5.41, 5.74) is 2.05. The summed E-state index contributed by atoms with van der Waals surface area (Å²) in [6.07, 6.45) is 3.12. The Morgan fingerprint density at radius 2 is 2.05 bits per heavy atom. The van der Waals surface area contributed by atoms with E-state index in [1.807, 2.05) is 26.8 Å². The molecule has 0 aromatic carbocycles. The number of carbonyl (C=O) groups excluding carboxylic acids is 1. The number of hydrogen-bond donors (Lipinski definition) is 2. The van der Waals surface area contributed by atoms with E-state index in [0.29, 0.717) is 12.1 Å². The van der Waals surface area contributed by atoms with E-state index in [1.54, 1.807) is 0 Å². The van der Waals surface area contributed by atoms with Crippen molar-refractivity contribution < 1.29 is 4.79 Å². The van der Waals surface area contributed by atoms with Crippen LogP contribution in [0.25, 0.3) is 0 Å². The molecule has 2 heterocycles. The second-order valence-electron chi connectivity index (χ2n) is 6.55. The fraction of sp³-hybridized carbons (Fsp3) is 0.750. The van der Waals surface area contributed by atoms with Crippen molar-refractivity contribution in [2.24, 2.45) is 0 Å². The van der Waals surface area contributed by atoms with Crippen LogP contribution in [0.1, 0.15) is 51.9 Å². The van der Waals surface area contributed by atoms with Crippen molar-refractivity contribution in [3.05, 3.63) is 17.5 Å². The predicted octanol–water partition coefficient (Wildman–Crippen LogP) is 2.03. The van der Waals surface area contributed by atoms with Crippen LogP contribution in [0.15, 0.2) is 6.07 Å². The third kappa shape index (κ3) is 3.84. The van der Waals surface area contributed by atoms with Crippen LogP contribution in [0.3, 0.4) is 0 Å². The number of likely N-dealkylation sites (tertiary alicyclic amines) is 1. The van der Waals surface area contributed by atoms with E-state index in [9.17, 15) is 4.79 Å². The van der Waals surface area contributed by atoms with Gasteiger partial charge in [-0.2, -0.15) is 5.10 Å². The van der Waals surface area contributed by atoms with Gasteiger partial charge in [0, 0.05) is 30.2 Å². The Bertz CT molecular complexity index is 474. The molecule has 5 nitrogen and oxygen atoms in total. The molecule has 1 saturated heterocycles. The van der Waals surface area contributed by atoms with Crippen molar-refractivity contribution in [1.82, 2.24) is 20.4 Å². The topological polar surface area (TPSA) is 61.0 Å². The Labute approximate surface area is 127 Å². The molecule has 118 valence electrons. The Morgan fingerprint density at radius 3 is 2.57 bits per heavy atom. The first-order chi connectivity index (χ1) is 9.88. The van der Waals surface area contributed by atoms with E-state index in [2.05, 4.69) is 34.3 Å². The highest BCUT2D eigenvalue weighted by Crippen LogP contribution is 2.25. The summed E-state index contributed by atoms with van der Waals surface area (Å²) in [5.74, 6) is 0.121. The van der Waals surface area contributed by atoms with Crippen molar-refractivity contribution in [2.45, 2.75) is 78.0 Å². The third-order valence-electron chi connectivity index (χ3n) is 4.51. The highest BCUT2D eigenvalue weighted by atomic mass is 16.2. The normalized spacial score (nSPS) is 25.8. The van der Waals surface area contributed by atoms with E-state index in [1.165, 1.54) is 12.8 Å². The number of aryl methyl sites for hydroxylation is 1. The first kappa shape index (κ1) is 16.0. The molecule has 0 bridgehead atoms. The van der Waals surface area contributed by atoms with Gasteiger partial charge in [0.2, 0.25) is 5.91 Å². The summed E-state index contributed by atoms with van der Waals surface area (Å²) in [7, 11) is 0. The number of amides is 1. The number of H-pyrrole nitrogens is 1. The Morgan fingerprint density at radius 1 is 1.43 bits per heavy atom. The summed E-state index contributed by atoms with van der Waals surface area (Å²) >= 11 is 0. The average molecular weight is 292 g/mol. The highest BCUT2D eigenvalue weighted by molar-refractivity contribution is 5.81. The molecule has 1 aliphatic rings. The van der Waals surface area contributed by atoms with Crippen molar-refractivity contribution in [2.75, 3.05) is 0 Å². The molecule has 1 aromatic heterocycles. The molecule has 5 heteroatoms. The zero-order chi connectivity index (χ0) is 15.6. The van der Waals surface area contributed by atoms with Crippen LogP contribution in [0.5, 0.6) is 0 Å². The summed E-state index contributed by atoms with van der Waals surface area (Å²) in [6, 6.07) is 3.03. The van der Waals surface area contributed by atoms with E-state index < -0.39 is 0 Å². The Hall–Kier alpha value is -1.36. The maximum atomic E-state index is 12.4. The second kappa shape index (κ2) is 6.60. The van der Waals surface area contributed by atoms with Crippen LogP contribution in [0, 0.1) is 6.92 Å². The summed E-state index contributed by atoms with van der Waals surface area (Å²) in [6.45, 7) is 10.5. The molecule has 1 aromatic rings. The van der Waals surface area contributed by atoms with Crippen molar-refractivity contribution in [1.29, 1.82) is 0 Å². The van der Waals surface area contributed by atoms with Gasteiger partial charge in [0.25, 0.3) is 0 Å².